The molecular formula is C23H24BrN5O4S. The molecule has 3 aromatic rings. The van der Waals surface area contributed by atoms with E-state index in [1.54, 1.807) is 54.2 Å². The third-order valence-corrected chi connectivity index (χ3v) is 6.16. The van der Waals surface area contributed by atoms with E-state index in [0.29, 0.717) is 34.5 Å². The molecule has 2 amide bonds. The number of anilines is 1. The Morgan fingerprint density at radius 2 is 1.91 bits per heavy atom. The molecule has 3 rings (SSSR count). The Balaban J connectivity index is 1.69. The van der Waals surface area contributed by atoms with Crippen LogP contribution in [-0.2, 0) is 11.3 Å². The van der Waals surface area contributed by atoms with Gasteiger partial charge in [-0.15, -0.1) is 16.8 Å². The van der Waals surface area contributed by atoms with Gasteiger partial charge in [-0.1, -0.05) is 33.8 Å². The van der Waals surface area contributed by atoms with Crippen molar-refractivity contribution >= 4 is 45.2 Å². The molecule has 0 bridgehead atoms. The normalized spacial score (nSPS) is 11.5. The van der Waals surface area contributed by atoms with E-state index in [2.05, 4.69) is 43.3 Å². The van der Waals surface area contributed by atoms with Gasteiger partial charge in [0, 0.05) is 22.3 Å². The van der Waals surface area contributed by atoms with E-state index in [0.717, 1.165) is 4.47 Å². The average Bonchev–Trinajstić information content (AvgIpc) is 3.25. The van der Waals surface area contributed by atoms with Gasteiger partial charge in [0.05, 0.1) is 19.5 Å². The average molecular weight is 546 g/mol. The second kappa shape index (κ2) is 12.4. The number of nitrogens with zero attached hydrogens (tertiary/aromatic N) is 3. The van der Waals surface area contributed by atoms with E-state index in [4.69, 9.17) is 4.74 Å². The van der Waals surface area contributed by atoms with Crippen molar-refractivity contribution < 1.29 is 19.4 Å². The summed E-state index contributed by atoms with van der Waals surface area (Å²) in [7, 11) is 1.54. The number of rotatable bonds is 11. The number of aliphatic hydroxyl groups is 1. The van der Waals surface area contributed by atoms with E-state index in [9.17, 15) is 14.7 Å². The Morgan fingerprint density at radius 1 is 1.21 bits per heavy atom. The monoisotopic (exact) mass is 545 g/mol. The van der Waals surface area contributed by atoms with Crippen LogP contribution in [0.5, 0.6) is 5.75 Å². The quantitative estimate of drug-likeness (QED) is 0.249. The zero-order valence-corrected chi connectivity index (χ0v) is 20.8. The van der Waals surface area contributed by atoms with Gasteiger partial charge in [0.1, 0.15) is 11.8 Å². The van der Waals surface area contributed by atoms with Crippen LogP contribution in [0, 0.1) is 0 Å². The highest BCUT2D eigenvalue weighted by Crippen LogP contribution is 2.22. The fourth-order valence-corrected chi connectivity index (χ4v) is 4.02. The Hall–Kier alpha value is -3.15. The molecule has 1 aromatic heterocycles. The van der Waals surface area contributed by atoms with Gasteiger partial charge >= 0.3 is 0 Å². The number of aromatic nitrogens is 3. The standard InChI is InChI=1S/C23H24BrN5O4S/c1-3-12-29-21(19(13-30)26-22(32)15-4-10-18(33-2)11-5-15)27-28-23(29)34-14-20(31)25-17-8-6-16(24)7-9-17/h3-11,19,30H,1,12-14H2,2H3,(H,25,31)(H,26,32)/t19-/m1/s1. The number of methoxy groups -OCH3 is 1. The highest BCUT2D eigenvalue weighted by atomic mass is 79.9. The number of nitrogens with one attached hydrogen (secondary N) is 2. The van der Waals surface area contributed by atoms with Gasteiger partial charge in [0.2, 0.25) is 5.91 Å². The number of halogens is 1. The molecule has 1 atom stereocenters. The zero-order chi connectivity index (χ0) is 24.5. The van der Waals surface area contributed by atoms with Crippen molar-refractivity contribution in [2.45, 2.75) is 17.7 Å². The van der Waals surface area contributed by atoms with Crippen molar-refractivity contribution in [1.29, 1.82) is 0 Å². The largest absolute Gasteiger partial charge is 0.497 e. The molecule has 1 heterocycles. The number of hydrogen-bond acceptors (Lipinski definition) is 7. The molecule has 0 unspecified atom stereocenters. The highest BCUT2D eigenvalue weighted by molar-refractivity contribution is 9.10. The van der Waals surface area contributed by atoms with Crippen LogP contribution in [-0.4, -0.2) is 51.2 Å². The molecule has 9 nitrogen and oxygen atoms in total. The minimum atomic E-state index is -0.798. The van der Waals surface area contributed by atoms with E-state index < -0.39 is 6.04 Å². The predicted molar refractivity (Wildman–Crippen MR) is 134 cm³/mol. The maximum atomic E-state index is 12.7. The Labute approximate surface area is 209 Å². The van der Waals surface area contributed by atoms with Crippen molar-refractivity contribution in [3.05, 3.63) is 77.0 Å². The first-order chi connectivity index (χ1) is 16.4. The molecule has 0 spiro atoms. The van der Waals surface area contributed by atoms with Crippen LogP contribution in [0.15, 0.2) is 70.8 Å². The van der Waals surface area contributed by atoms with Gasteiger partial charge in [0.15, 0.2) is 11.0 Å². The molecule has 11 heteroatoms. The number of carbonyl (C=O) groups excluding carboxylic acids is 2. The smallest absolute Gasteiger partial charge is 0.251 e. The lowest BCUT2D eigenvalue weighted by molar-refractivity contribution is -0.113. The molecule has 0 saturated heterocycles. The van der Waals surface area contributed by atoms with Crippen LogP contribution in [0.25, 0.3) is 0 Å². The van der Waals surface area contributed by atoms with Gasteiger partial charge in [-0.2, -0.15) is 0 Å². The van der Waals surface area contributed by atoms with Gasteiger partial charge in [-0.05, 0) is 48.5 Å². The van der Waals surface area contributed by atoms with Gasteiger partial charge in [-0.25, -0.2) is 0 Å². The molecule has 2 aromatic carbocycles. The van der Waals surface area contributed by atoms with Gasteiger partial charge < -0.3 is 25.0 Å². The molecule has 178 valence electrons. The fraction of sp³-hybridized carbons (Fsp3) is 0.217. The summed E-state index contributed by atoms with van der Waals surface area (Å²) in [6.07, 6.45) is 1.65. The summed E-state index contributed by atoms with van der Waals surface area (Å²) >= 11 is 4.55. The minimum Gasteiger partial charge on any atom is -0.497 e. The first-order valence-corrected chi connectivity index (χ1v) is 12.0. The number of carbonyl (C=O) groups is 2. The minimum absolute atomic E-state index is 0.105. The zero-order valence-electron chi connectivity index (χ0n) is 18.4. The van der Waals surface area contributed by atoms with Crippen LogP contribution in [0.2, 0.25) is 0 Å². The Bertz CT molecular complexity index is 1140. The van der Waals surface area contributed by atoms with Crippen molar-refractivity contribution in [2.75, 3.05) is 24.8 Å². The Morgan fingerprint density at radius 3 is 2.53 bits per heavy atom. The Kier molecular flexibility index (Phi) is 9.25. The molecule has 0 aliphatic rings. The summed E-state index contributed by atoms with van der Waals surface area (Å²) in [5.41, 5.74) is 1.09. The predicted octanol–water partition coefficient (Wildman–Crippen LogP) is 3.43. The summed E-state index contributed by atoms with van der Waals surface area (Å²) < 4.78 is 7.74. The van der Waals surface area contributed by atoms with Crippen LogP contribution in [0.4, 0.5) is 5.69 Å². The van der Waals surface area contributed by atoms with Crippen LogP contribution >= 0.6 is 27.7 Å². The molecule has 34 heavy (non-hydrogen) atoms. The van der Waals surface area contributed by atoms with Crippen molar-refractivity contribution in [1.82, 2.24) is 20.1 Å². The van der Waals surface area contributed by atoms with Crippen LogP contribution in [0.1, 0.15) is 22.2 Å². The van der Waals surface area contributed by atoms with Gasteiger partial charge in [0.25, 0.3) is 5.91 Å². The fourth-order valence-electron chi connectivity index (χ4n) is 3.00. The van der Waals surface area contributed by atoms with Crippen molar-refractivity contribution in [3.63, 3.8) is 0 Å². The van der Waals surface area contributed by atoms with Gasteiger partial charge in [-0.3, -0.25) is 9.59 Å². The molecule has 0 radical (unpaired) electrons. The lowest BCUT2D eigenvalue weighted by atomic mass is 10.2. The second-order valence-electron chi connectivity index (χ2n) is 7.02. The number of allylic oxidation sites excluding steroid dienone is 1. The topological polar surface area (TPSA) is 118 Å². The molecule has 3 N–H and O–H groups in total. The number of thioether (sulfide) groups is 1. The SMILES string of the molecule is C=CCn1c(SCC(=O)Nc2ccc(Br)cc2)nnc1[C@@H](CO)NC(=O)c1ccc(OC)cc1. The summed E-state index contributed by atoms with van der Waals surface area (Å²) in [6, 6.07) is 13.1. The summed E-state index contributed by atoms with van der Waals surface area (Å²) in [4.78, 5) is 25.0. The lowest BCUT2D eigenvalue weighted by Crippen LogP contribution is -2.33. The first kappa shape index (κ1) is 25.5. The third-order valence-electron chi connectivity index (χ3n) is 4.67. The second-order valence-corrected chi connectivity index (χ2v) is 8.88. The number of ether oxygens (including phenoxy) is 1. The maximum absolute atomic E-state index is 12.7. The first-order valence-electron chi connectivity index (χ1n) is 10.2. The van der Waals surface area contributed by atoms with Crippen molar-refractivity contribution in [3.8, 4) is 5.75 Å². The van der Waals surface area contributed by atoms with Crippen LogP contribution < -0.4 is 15.4 Å². The number of benzene rings is 2. The molecule has 0 aliphatic carbocycles. The number of aliphatic hydroxyl groups excluding tert-OH is 1. The third kappa shape index (κ3) is 6.69. The highest BCUT2D eigenvalue weighted by Gasteiger charge is 2.23. The summed E-state index contributed by atoms with van der Waals surface area (Å²) in [6.45, 7) is 3.71. The molecule has 0 saturated carbocycles. The van der Waals surface area contributed by atoms with E-state index >= 15 is 0 Å². The maximum Gasteiger partial charge on any atom is 0.251 e. The van der Waals surface area contributed by atoms with Crippen LogP contribution in [0.3, 0.4) is 0 Å². The number of amides is 2. The lowest BCUT2D eigenvalue weighted by Gasteiger charge is -2.17. The molecule has 0 fully saturated rings. The summed E-state index contributed by atoms with van der Waals surface area (Å²) in [5.74, 6) is 0.520. The summed E-state index contributed by atoms with van der Waals surface area (Å²) in [5, 5.41) is 24.3. The van der Waals surface area contributed by atoms with E-state index in [1.165, 1.54) is 11.8 Å². The van der Waals surface area contributed by atoms with E-state index in [-0.39, 0.29) is 24.2 Å². The molecule has 0 aliphatic heterocycles. The van der Waals surface area contributed by atoms with Crippen molar-refractivity contribution in [2.24, 2.45) is 0 Å². The number of hydrogen-bond donors (Lipinski definition) is 3. The molecular weight excluding hydrogens is 522 g/mol. The van der Waals surface area contributed by atoms with E-state index in [1.807, 2.05) is 12.1 Å².